The van der Waals surface area contributed by atoms with Gasteiger partial charge in [-0.05, 0) is 31.5 Å². The van der Waals surface area contributed by atoms with Gasteiger partial charge in [0.1, 0.15) is 0 Å². The minimum atomic E-state index is -0.247. The monoisotopic (exact) mass is 200 g/mol. The largest absolute Gasteiger partial charge is 0.391 e. The van der Waals surface area contributed by atoms with Crippen molar-refractivity contribution in [2.45, 2.75) is 31.4 Å². The minimum absolute atomic E-state index is 0.129. The van der Waals surface area contributed by atoms with E-state index in [0.29, 0.717) is 11.7 Å². The van der Waals surface area contributed by atoms with Crippen LogP contribution in [0.4, 0.5) is 0 Å². The van der Waals surface area contributed by atoms with E-state index in [1.807, 2.05) is 0 Å². The third-order valence-corrected chi connectivity index (χ3v) is 2.47. The summed E-state index contributed by atoms with van der Waals surface area (Å²) in [6, 6.07) is 0.129. The van der Waals surface area contributed by atoms with E-state index in [2.05, 4.69) is 17.2 Å². The first-order valence-electron chi connectivity index (χ1n) is 4.57. The first-order chi connectivity index (χ1) is 6.24. The van der Waals surface area contributed by atoms with Gasteiger partial charge in [-0.1, -0.05) is 6.08 Å². The van der Waals surface area contributed by atoms with Gasteiger partial charge in [0, 0.05) is 6.54 Å². The quantitative estimate of drug-likeness (QED) is 0.460. The van der Waals surface area contributed by atoms with Gasteiger partial charge in [-0.3, -0.25) is 0 Å². The van der Waals surface area contributed by atoms with Gasteiger partial charge in [0.15, 0.2) is 5.11 Å². The third kappa shape index (κ3) is 3.32. The molecule has 2 atom stereocenters. The Kier molecular flexibility index (Phi) is 4.18. The van der Waals surface area contributed by atoms with Crippen LogP contribution >= 0.6 is 12.2 Å². The minimum Gasteiger partial charge on any atom is -0.391 e. The molecule has 0 aromatic rings. The predicted octanol–water partition coefficient (Wildman–Crippen LogP) is 0.550. The second kappa shape index (κ2) is 5.19. The highest BCUT2D eigenvalue weighted by Crippen LogP contribution is 2.18. The van der Waals surface area contributed by atoms with Crippen molar-refractivity contribution in [3.05, 3.63) is 12.7 Å². The van der Waals surface area contributed by atoms with Gasteiger partial charge >= 0.3 is 0 Å². The molecular weight excluding hydrogens is 184 g/mol. The fourth-order valence-corrected chi connectivity index (χ4v) is 1.73. The summed E-state index contributed by atoms with van der Waals surface area (Å²) in [5, 5.41) is 16.2. The van der Waals surface area contributed by atoms with Gasteiger partial charge in [-0.15, -0.1) is 6.58 Å². The molecule has 2 unspecified atom stereocenters. The number of aliphatic hydroxyl groups excluding tert-OH is 1. The molecule has 1 aliphatic carbocycles. The lowest BCUT2D eigenvalue weighted by molar-refractivity contribution is 0.157. The topological polar surface area (TPSA) is 44.3 Å². The summed E-state index contributed by atoms with van der Waals surface area (Å²) in [7, 11) is 0. The summed E-state index contributed by atoms with van der Waals surface area (Å²) < 4.78 is 0. The van der Waals surface area contributed by atoms with Crippen LogP contribution in [0.1, 0.15) is 19.3 Å². The summed E-state index contributed by atoms with van der Waals surface area (Å²) in [5.41, 5.74) is 0. The maximum atomic E-state index is 9.49. The highest BCUT2D eigenvalue weighted by atomic mass is 32.1. The summed E-state index contributed by atoms with van der Waals surface area (Å²) in [6.07, 6.45) is 4.45. The average Bonchev–Trinajstić information content (AvgIpc) is 2.48. The van der Waals surface area contributed by atoms with Crippen LogP contribution in [0, 0.1) is 0 Å². The molecule has 0 radical (unpaired) electrons. The third-order valence-electron chi connectivity index (χ3n) is 2.20. The molecule has 1 rings (SSSR count). The van der Waals surface area contributed by atoms with Gasteiger partial charge < -0.3 is 15.7 Å². The van der Waals surface area contributed by atoms with E-state index >= 15 is 0 Å². The van der Waals surface area contributed by atoms with Crippen molar-refractivity contribution in [3.63, 3.8) is 0 Å². The van der Waals surface area contributed by atoms with Crippen molar-refractivity contribution in [2.24, 2.45) is 0 Å². The number of hydrogen-bond acceptors (Lipinski definition) is 2. The molecule has 4 heteroatoms. The molecule has 0 bridgehead atoms. The number of aliphatic hydroxyl groups is 1. The molecule has 3 N–H and O–H groups in total. The van der Waals surface area contributed by atoms with Crippen LogP contribution in [0.3, 0.4) is 0 Å². The molecular formula is C9H16N2OS. The Labute approximate surface area is 84.2 Å². The van der Waals surface area contributed by atoms with Crippen LogP contribution in [0.2, 0.25) is 0 Å². The van der Waals surface area contributed by atoms with Gasteiger partial charge in [-0.2, -0.15) is 0 Å². The zero-order valence-corrected chi connectivity index (χ0v) is 8.44. The van der Waals surface area contributed by atoms with Gasteiger partial charge in [0.25, 0.3) is 0 Å². The van der Waals surface area contributed by atoms with E-state index in [-0.39, 0.29) is 12.1 Å². The van der Waals surface area contributed by atoms with Crippen molar-refractivity contribution in [1.82, 2.24) is 10.6 Å². The van der Waals surface area contributed by atoms with Gasteiger partial charge in [0.2, 0.25) is 0 Å². The fraction of sp³-hybridized carbons (Fsp3) is 0.667. The highest BCUT2D eigenvalue weighted by molar-refractivity contribution is 7.80. The lowest BCUT2D eigenvalue weighted by Crippen LogP contribution is -2.45. The zero-order chi connectivity index (χ0) is 9.68. The van der Waals surface area contributed by atoms with Gasteiger partial charge in [0.05, 0.1) is 12.1 Å². The van der Waals surface area contributed by atoms with E-state index in [4.69, 9.17) is 12.2 Å². The lowest BCUT2D eigenvalue weighted by atomic mass is 10.2. The van der Waals surface area contributed by atoms with Crippen LogP contribution < -0.4 is 10.6 Å². The van der Waals surface area contributed by atoms with Crippen LogP contribution in [0.25, 0.3) is 0 Å². The molecule has 0 aliphatic heterocycles. The van der Waals surface area contributed by atoms with Crippen molar-refractivity contribution in [3.8, 4) is 0 Å². The van der Waals surface area contributed by atoms with Crippen molar-refractivity contribution in [2.75, 3.05) is 6.54 Å². The van der Waals surface area contributed by atoms with E-state index in [1.54, 1.807) is 6.08 Å². The Morgan fingerprint density at radius 3 is 2.92 bits per heavy atom. The Morgan fingerprint density at radius 2 is 2.38 bits per heavy atom. The zero-order valence-electron chi connectivity index (χ0n) is 7.62. The van der Waals surface area contributed by atoms with E-state index in [9.17, 15) is 5.11 Å². The van der Waals surface area contributed by atoms with Crippen molar-refractivity contribution < 1.29 is 5.11 Å². The number of rotatable bonds is 3. The molecule has 1 saturated carbocycles. The van der Waals surface area contributed by atoms with Crippen LogP contribution in [-0.2, 0) is 0 Å². The molecule has 0 aromatic heterocycles. The maximum absolute atomic E-state index is 9.49. The summed E-state index contributed by atoms with van der Waals surface area (Å²) in [5.74, 6) is 0. The summed E-state index contributed by atoms with van der Waals surface area (Å²) in [4.78, 5) is 0. The molecule has 0 amide bonds. The second-order valence-electron chi connectivity index (χ2n) is 3.25. The second-order valence-corrected chi connectivity index (χ2v) is 3.66. The first kappa shape index (κ1) is 10.5. The Balaban J connectivity index is 2.22. The van der Waals surface area contributed by atoms with Crippen LogP contribution in [0.15, 0.2) is 12.7 Å². The van der Waals surface area contributed by atoms with Crippen molar-refractivity contribution in [1.29, 1.82) is 0 Å². The smallest absolute Gasteiger partial charge is 0.166 e. The Morgan fingerprint density at radius 1 is 1.62 bits per heavy atom. The molecule has 0 spiro atoms. The van der Waals surface area contributed by atoms with Gasteiger partial charge in [-0.25, -0.2) is 0 Å². The van der Waals surface area contributed by atoms with E-state index in [1.165, 1.54) is 0 Å². The van der Waals surface area contributed by atoms with Crippen LogP contribution in [-0.4, -0.2) is 28.9 Å². The number of nitrogens with one attached hydrogen (secondary N) is 2. The maximum Gasteiger partial charge on any atom is 0.166 e. The Bertz CT molecular complexity index is 196. The van der Waals surface area contributed by atoms with E-state index < -0.39 is 0 Å². The molecule has 1 aliphatic rings. The van der Waals surface area contributed by atoms with Crippen molar-refractivity contribution >= 4 is 17.3 Å². The molecule has 1 fully saturated rings. The number of hydrogen-bond donors (Lipinski definition) is 3. The predicted molar refractivity (Wildman–Crippen MR) is 57.6 cm³/mol. The lowest BCUT2D eigenvalue weighted by Gasteiger charge is -2.18. The van der Waals surface area contributed by atoms with E-state index in [0.717, 1.165) is 19.3 Å². The molecule has 3 nitrogen and oxygen atoms in total. The molecule has 0 heterocycles. The molecule has 0 aromatic carbocycles. The fourth-order valence-electron chi connectivity index (χ4n) is 1.49. The molecule has 13 heavy (non-hydrogen) atoms. The first-order valence-corrected chi connectivity index (χ1v) is 4.98. The SMILES string of the molecule is C=CCNC(=S)NC1CCCC1O. The molecule has 74 valence electrons. The summed E-state index contributed by atoms with van der Waals surface area (Å²) in [6.45, 7) is 4.24. The average molecular weight is 200 g/mol. The Hall–Kier alpha value is -0.610. The summed E-state index contributed by atoms with van der Waals surface area (Å²) >= 11 is 5.03. The number of thiocarbonyl (C=S) groups is 1. The normalized spacial score (nSPS) is 26.8. The van der Waals surface area contributed by atoms with Crippen LogP contribution in [0.5, 0.6) is 0 Å². The highest BCUT2D eigenvalue weighted by Gasteiger charge is 2.25. The standard InChI is InChI=1S/C9H16N2OS/c1-2-6-10-9(13)11-7-4-3-5-8(7)12/h2,7-8,12H,1,3-6H2,(H2,10,11,13). The molecule has 0 saturated heterocycles.